The van der Waals surface area contributed by atoms with Crippen LogP contribution in [-0.2, 0) is 11.2 Å². The van der Waals surface area contributed by atoms with Crippen LogP contribution in [0.15, 0.2) is 102 Å². The molecule has 1 aliphatic heterocycles. The van der Waals surface area contributed by atoms with Crippen LogP contribution in [-0.4, -0.2) is 28.4 Å². The van der Waals surface area contributed by atoms with Crippen LogP contribution in [0.3, 0.4) is 0 Å². The van der Waals surface area contributed by atoms with Gasteiger partial charge < -0.3 is 10.4 Å². The number of carbonyl (C=O) groups is 3. The maximum Gasteiger partial charge on any atom is 0.404 e. The maximum atomic E-state index is 11.8. The van der Waals surface area contributed by atoms with E-state index in [0.29, 0.717) is 17.7 Å². The molecule has 198 valence electrons. The highest BCUT2D eigenvalue weighted by Crippen LogP contribution is 2.46. The molecule has 6 nitrogen and oxygen atoms in total. The second-order valence-corrected chi connectivity index (χ2v) is 11.0. The molecule has 2 aliphatic rings. The van der Waals surface area contributed by atoms with E-state index in [4.69, 9.17) is 0 Å². The van der Waals surface area contributed by atoms with Crippen molar-refractivity contribution < 1.29 is 19.5 Å². The van der Waals surface area contributed by atoms with Crippen molar-refractivity contribution in [1.29, 1.82) is 0 Å². The molecule has 0 spiro atoms. The monoisotopic (exact) mass is 546 g/mol. The molecule has 40 heavy (non-hydrogen) atoms. The molecule has 0 saturated carbocycles. The Kier molecular flexibility index (Phi) is 6.97. The van der Waals surface area contributed by atoms with Crippen molar-refractivity contribution >= 4 is 35.1 Å². The average molecular weight is 547 g/mol. The summed E-state index contributed by atoms with van der Waals surface area (Å²) in [5.41, 5.74) is 8.81. The summed E-state index contributed by atoms with van der Waals surface area (Å²) in [7, 11) is 0. The minimum Gasteiger partial charge on any atom is -0.465 e. The second-order valence-electron chi connectivity index (χ2n) is 9.99. The summed E-state index contributed by atoms with van der Waals surface area (Å²) in [6.45, 7) is 0. The van der Waals surface area contributed by atoms with E-state index in [-0.39, 0.29) is 23.1 Å². The largest absolute Gasteiger partial charge is 0.465 e. The predicted molar refractivity (Wildman–Crippen MR) is 158 cm³/mol. The lowest BCUT2D eigenvalue weighted by molar-refractivity contribution is -0.115. The molecule has 3 amide bonds. The zero-order valence-corrected chi connectivity index (χ0v) is 22.3. The van der Waals surface area contributed by atoms with Crippen molar-refractivity contribution in [2.45, 2.75) is 24.8 Å². The van der Waals surface area contributed by atoms with Crippen molar-refractivity contribution in [3.05, 3.63) is 124 Å². The van der Waals surface area contributed by atoms with Gasteiger partial charge in [-0.3, -0.25) is 14.9 Å². The van der Waals surface area contributed by atoms with E-state index >= 15 is 0 Å². The van der Waals surface area contributed by atoms with Gasteiger partial charge in [0.15, 0.2) is 0 Å². The normalized spacial score (nSPS) is 15.9. The topological polar surface area (TPSA) is 95.5 Å². The van der Waals surface area contributed by atoms with Gasteiger partial charge in [-0.05, 0) is 75.2 Å². The van der Waals surface area contributed by atoms with E-state index in [1.165, 1.54) is 22.3 Å². The van der Waals surface area contributed by atoms with Gasteiger partial charge in [-0.15, -0.1) is 0 Å². The van der Waals surface area contributed by atoms with Gasteiger partial charge in [-0.25, -0.2) is 4.79 Å². The molecule has 0 bridgehead atoms. The van der Waals surface area contributed by atoms with Gasteiger partial charge in [0.05, 0.1) is 4.91 Å². The summed E-state index contributed by atoms with van der Waals surface area (Å²) >= 11 is 0.898. The van der Waals surface area contributed by atoms with Crippen molar-refractivity contribution in [1.82, 2.24) is 10.6 Å². The van der Waals surface area contributed by atoms with Crippen molar-refractivity contribution in [3.8, 4) is 22.3 Å². The van der Waals surface area contributed by atoms with E-state index in [0.717, 1.165) is 34.0 Å². The van der Waals surface area contributed by atoms with Gasteiger partial charge in [-0.2, -0.15) is 0 Å². The summed E-state index contributed by atoms with van der Waals surface area (Å²) in [6, 6.07) is 32.4. The van der Waals surface area contributed by atoms with Gasteiger partial charge >= 0.3 is 6.09 Å². The number of amides is 3. The van der Waals surface area contributed by atoms with Crippen LogP contribution in [0.1, 0.15) is 34.6 Å². The summed E-state index contributed by atoms with van der Waals surface area (Å²) in [5, 5.41) is 14.3. The molecule has 4 aromatic carbocycles. The van der Waals surface area contributed by atoms with Gasteiger partial charge in [0.1, 0.15) is 0 Å². The standard InChI is InChI=1S/C33H26N2O4S/c36-31-30(40-33(39)35-31)18-20-12-14-22(15-13-20)23-7-5-6-21(16-23)17-24(34-32(37)38)19-29-27-10-3-1-8-25(27)26-9-2-4-11-28(26)29/h1-16,18,24,29,34H,17,19H2,(H,37,38)(H,35,36,39)/b30-18+. The Morgan fingerprint density at radius 1 is 0.875 bits per heavy atom. The average Bonchev–Trinajstić information content (AvgIpc) is 3.44. The summed E-state index contributed by atoms with van der Waals surface area (Å²) in [4.78, 5) is 35.4. The number of carboxylic acid groups (broad SMARTS) is 1. The highest BCUT2D eigenvalue weighted by atomic mass is 32.2. The summed E-state index contributed by atoms with van der Waals surface area (Å²) < 4.78 is 0. The third-order valence-electron chi connectivity index (χ3n) is 7.40. The molecule has 3 N–H and O–H groups in total. The first-order chi connectivity index (χ1) is 19.4. The Labute approximate surface area is 236 Å². The lowest BCUT2D eigenvalue weighted by Crippen LogP contribution is -2.36. The molecule has 1 atom stereocenters. The number of benzene rings is 4. The van der Waals surface area contributed by atoms with Crippen LogP contribution in [0.5, 0.6) is 0 Å². The number of fused-ring (bicyclic) bond motifs is 3. The molecule has 1 aliphatic carbocycles. The number of carbonyl (C=O) groups excluding carboxylic acids is 2. The third kappa shape index (κ3) is 5.28. The number of imide groups is 1. The molecule has 6 rings (SSSR count). The number of rotatable bonds is 7. The fraction of sp³-hybridized carbons (Fsp3) is 0.121. The Hall–Kier alpha value is -4.62. The van der Waals surface area contributed by atoms with Gasteiger partial charge in [0, 0.05) is 12.0 Å². The molecular formula is C33H26N2O4S. The molecule has 0 radical (unpaired) electrons. The van der Waals surface area contributed by atoms with Crippen LogP contribution in [0.25, 0.3) is 28.3 Å². The van der Waals surface area contributed by atoms with Gasteiger partial charge in [0.2, 0.25) is 0 Å². The van der Waals surface area contributed by atoms with Crippen molar-refractivity contribution in [3.63, 3.8) is 0 Å². The van der Waals surface area contributed by atoms with Crippen molar-refractivity contribution in [2.75, 3.05) is 0 Å². The predicted octanol–water partition coefficient (Wildman–Crippen LogP) is 7.06. The Balaban J connectivity index is 1.22. The number of hydrogen-bond acceptors (Lipinski definition) is 4. The van der Waals surface area contributed by atoms with Crippen LogP contribution in [0, 0.1) is 0 Å². The SMILES string of the molecule is O=C(O)NC(Cc1cccc(-c2ccc(/C=C3/SC(=O)NC3=O)cc2)c1)CC1c2ccccc2-c2ccccc21. The fourth-order valence-corrected chi connectivity index (χ4v) is 6.35. The quantitative estimate of drug-likeness (QED) is 0.216. The first kappa shape index (κ1) is 25.6. The minimum absolute atomic E-state index is 0.115. The van der Waals surface area contributed by atoms with E-state index in [9.17, 15) is 19.5 Å². The van der Waals surface area contributed by atoms with Crippen LogP contribution in [0.4, 0.5) is 9.59 Å². The lowest BCUT2D eigenvalue weighted by atomic mass is 9.87. The lowest BCUT2D eigenvalue weighted by Gasteiger charge is -2.23. The van der Waals surface area contributed by atoms with Gasteiger partial charge in [-0.1, -0.05) is 97.1 Å². The Morgan fingerprint density at radius 2 is 1.55 bits per heavy atom. The smallest absolute Gasteiger partial charge is 0.404 e. The Morgan fingerprint density at radius 3 is 2.17 bits per heavy atom. The van der Waals surface area contributed by atoms with E-state index < -0.39 is 6.09 Å². The number of nitrogens with one attached hydrogen (secondary N) is 2. The van der Waals surface area contributed by atoms with E-state index in [1.54, 1.807) is 6.08 Å². The number of thioether (sulfide) groups is 1. The minimum atomic E-state index is -1.03. The third-order valence-corrected chi connectivity index (χ3v) is 8.21. The zero-order chi connectivity index (χ0) is 27.6. The second kappa shape index (κ2) is 10.9. The fourth-order valence-electron chi connectivity index (χ4n) is 5.67. The van der Waals surface area contributed by atoms with Gasteiger partial charge in [0.25, 0.3) is 11.1 Å². The molecule has 1 saturated heterocycles. The molecule has 4 aromatic rings. The van der Waals surface area contributed by atoms with Crippen molar-refractivity contribution in [2.24, 2.45) is 0 Å². The van der Waals surface area contributed by atoms with Crippen LogP contribution >= 0.6 is 11.8 Å². The number of hydrogen-bond donors (Lipinski definition) is 3. The van der Waals surface area contributed by atoms with E-state index in [2.05, 4.69) is 41.0 Å². The van der Waals surface area contributed by atoms with Crippen LogP contribution < -0.4 is 10.6 Å². The molecule has 0 aromatic heterocycles. The first-order valence-electron chi connectivity index (χ1n) is 13.1. The summed E-state index contributed by atoms with van der Waals surface area (Å²) in [5.74, 6) is -0.259. The zero-order valence-electron chi connectivity index (χ0n) is 21.5. The molecular weight excluding hydrogens is 520 g/mol. The van der Waals surface area contributed by atoms with Crippen LogP contribution in [0.2, 0.25) is 0 Å². The summed E-state index contributed by atoms with van der Waals surface area (Å²) in [6.07, 6.45) is 1.89. The highest BCUT2D eigenvalue weighted by molar-refractivity contribution is 8.18. The highest BCUT2D eigenvalue weighted by Gasteiger charge is 2.30. The molecule has 7 heteroatoms. The molecule has 1 heterocycles. The molecule has 1 unspecified atom stereocenters. The Bertz CT molecular complexity index is 1620. The maximum absolute atomic E-state index is 11.8. The first-order valence-corrected chi connectivity index (χ1v) is 13.9. The van der Waals surface area contributed by atoms with E-state index in [1.807, 2.05) is 66.7 Å². The molecule has 1 fully saturated rings.